The first-order valence-corrected chi connectivity index (χ1v) is 7.21. The van der Waals surface area contributed by atoms with Gasteiger partial charge in [0.15, 0.2) is 0 Å². The van der Waals surface area contributed by atoms with Crippen molar-refractivity contribution in [3.8, 4) is 5.75 Å². The van der Waals surface area contributed by atoms with Crippen LogP contribution >= 0.6 is 0 Å². The first-order valence-electron chi connectivity index (χ1n) is 5.73. The molecule has 0 spiro atoms. The van der Waals surface area contributed by atoms with E-state index in [1.165, 1.54) is 7.11 Å². The zero-order valence-corrected chi connectivity index (χ0v) is 11.6. The van der Waals surface area contributed by atoms with Gasteiger partial charge < -0.3 is 9.84 Å². The summed E-state index contributed by atoms with van der Waals surface area (Å²) >= 11 is 0. The van der Waals surface area contributed by atoms with Crippen LogP contribution in [-0.4, -0.2) is 33.3 Å². The van der Waals surface area contributed by atoms with Gasteiger partial charge in [0.2, 0.25) is 10.0 Å². The van der Waals surface area contributed by atoms with Crippen LogP contribution in [0.5, 0.6) is 5.75 Å². The molecule has 18 heavy (non-hydrogen) atoms. The van der Waals surface area contributed by atoms with Crippen LogP contribution in [-0.2, 0) is 10.0 Å². The van der Waals surface area contributed by atoms with E-state index in [1.807, 2.05) is 0 Å². The van der Waals surface area contributed by atoms with Crippen molar-refractivity contribution < 1.29 is 18.3 Å². The standard InChI is InChI=1S/C12H19NO4S/c1-4-10(14)8-13-18(15,16)12-7-9(2)5-6-11(12)17-3/h5-7,10,13-14H,4,8H2,1-3H3. The van der Waals surface area contributed by atoms with E-state index in [2.05, 4.69) is 4.72 Å². The smallest absolute Gasteiger partial charge is 0.244 e. The number of sulfonamides is 1. The van der Waals surface area contributed by atoms with Crippen LogP contribution in [0.3, 0.4) is 0 Å². The number of hydrogen-bond acceptors (Lipinski definition) is 4. The lowest BCUT2D eigenvalue weighted by Crippen LogP contribution is -2.32. The number of aliphatic hydroxyl groups excluding tert-OH is 1. The molecule has 0 bridgehead atoms. The maximum absolute atomic E-state index is 12.1. The van der Waals surface area contributed by atoms with E-state index in [0.29, 0.717) is 12.2 Å². The van der Waals surface area contributed by atoms with Crippen LogP contribution in [0.4, 0.5) is 0 Å². The summed E-state index contributed by atoms with van der Waals surface area (Å²) in [7, 11) is -2.24. The fraction of sp³-hybridized carbons (Fsp3) is 0.500. The second-order valence-electron chi connectivity index (χ2n) is 4.07. The highest BCUT2D eigenvalue weighted by Crippen LogP contribution is 2.24. The Kier molecular flexibility index (Phi) is 5.13. The number of hydrogen-bond donors (Lipinski definition) is 2. The number of aliphatic hydroxyl groups is 1. The molecule has 0 saturated carbocycles. The molecule has 2 N–H and O–H groups in total. The van der Waals surface area contributed by atoms with Gasteiger partial charge >= 0.3 is 0 Å². The van der Waals surface area contributed by atoms with Crippen molar-refractivity contribution in [1.29, 1.82) is 0 Å². The fourth-order valence-electron chi connectivity index (χ4n) is 1.42. The average Bonchev–Trinajstić information content (AvgIpc) is 2.36. The number of methoxy groups -OCH3 is 1. The van der Waals surface area contributed by atoms with Crippen molar-refractivity contribution in [3.05, 3.63) is 23.8 Å². The molecule has 0 saturated heterocycles. The number of rotatable bonds is 6. The molecule has 0 aliphatic carbocycles. The molecule has 0 aliphatic rings. The summed E-state index contributed by atoms with van der Waals surface area (Å²) in [4.78, 5) is 0.0910. The van der Waals surface area contributed by atoms with Crippen molar-refractivity contribution in [2.75, 3.05) is 13.7 Å². The number of nitrogens with one attached hydrogen (secondary N) is 1. The summed E-state index contributed by atoms with van der Waals surface area (Å²) < 4.78 is 31.6. The Hall–Kier alpha value is -1.11. The molecule has 0 aliphatic heterocycles. The average molecular weight is 273 g/mol. The fourth-order valence-corrected chi connectivity index (χ4v) is 2.75. The van der Waals surface area contributed by atoms with Crippen LogP contribution in [0.1, 0.15) is 18.9 Å². The van der Waals surface area contributed by atoms with E-state index in [-0.39, 0.29) is 11.4 Å². The van der Waals surface area contributed by atoms with Crippen LogP contribution in [0.25, 0.3) is 0 Å². The van der Waals surface area contributed by atoms with Crippen molar-refractivity contribution in [2.45, 2.75) is 31.3 Å². The second-order valence-corrected chi connectivity index (χ2v) is 5.80. The molecule has 1 rings (SSSR count). The highest BCUT2D eigenvalue weighted by molar-refractivity contribution is 7.89. The van der Waals surface area contributed by atoms with E-state index in [1.54, 1.807) is 32.0 Å². The molecule has 6 heteroatoms. The first-order chi connectivity index (χ1) is 8.40. The summed E-state index contributed by atoms with van der Waals surface area (Å²) in [6, 6.07) is 4.93. The van der Waals surface area contributed by atoms with Crippen LogP contribution in [0, 0.1) is 6.92 Å². The number of benzene rings is 1. The Bertz CT molecular complexity index is 499. The Morgan fingerprint density at radius 1 is 1.44 bits per heavy atom. The van der Waals surface area contributed by atoms with Gasteiger partial charge in [-0.3, -0.25) is 0 Å². The third-order valence-electron chi connectivity index (χ3n) is 2.59. The normalized spacial score (nSPS) is 13.3. The highest BCUT2D eigenvalue weighted by Gasteiger charge is 2.20. The molecule has 1 unspecified atom stereocenters. The van der Waals surface area contributed by atoms with Gasteiger partial charge in [-0.05, 0) is 31.0 Å². The van der Waals surface area contributed by atoms with Crippen molar-refractivity contribution in [3.63, 3.8) is 0 Å². The van der Waals surface area contributed by atoms with Gasteiger partial charge in [-0.2, -0.15) is 0 Å². The number of aryl methyl sites for hydroxylation is 1. The lowest BCUT2D eigenvalue weighted by Gasteiger charge is -2.13. The lowest BCUT2D eigenvalue weighted by atomic mass is 10.2. The van der Waals surface area contributed by atoms with E-state index >= 15 is 0 Å². The van der Waals surface area contributed by atoms with Gasteiger partial charge in [0.1, 0.15) is 10.6 Å². The summed E-state index contributed by atoms with van der Waals surface area (Å²) in [6.45, 7) is 3.58. The molecule has 0 heterocycles. The van der Waals surface area contributed by atoms with Crippen LogP contribution in [0.15, 0.2) is 23.1 Å². The Morgan fingerprint density at radius 3 is 2.67 bits per heavy atom. The molecule has 1 aromatic carbocycles. The Balaban J connectivity index is 3.00. The van der Waals surface area contributed by atoms with Crippen LogP contribution in [0.2, 0.25) is 0 Å². The maximum Gasteiger partial charge on any atom is 0.244 e. The van der Waals surface area contributed by atoms with Gasteiger partial charge in [0, 0.05) is 6.54 Å². The minimum atomic E-state index is -3.67. The predicted octanol–water partition coefficient (Wildman–Crippen LogP) is 1.05. The number of ether oxygens (including phenoxy) is 1. The molecule has 1 atom stereocenters. The molecular formula is C12H19NO4S. The molecule has 0 radical (unpaired) electrons. The topological polar surface area (TPSA) is 75.6 Å². The Morgan fingerprint density at radius 2 is 2.11 bits per heavy atom. The van der Waals surface area contributed by atoms with Crippen molar-refractivity contribution in [2.24, 2.45) is 0 Å². The van der Waals surface area contributed by atoms with Gasteiger partial charge in [0.25, 0.3) is 0 Å². The van der Waals surface area contributed by atoms with E-state index in [0.717, 1.165) is 5.56 Å². The minimum absolute atomic E-state index is 0.00404. The summed E-state index contributed by atoms with van der Waals surface area (Å²) in [5.74, 6) is 0.291. The zero-order valence-electron chi connectivity index (χ0n) is 10.8. The SMILES string of the molecule is CCC(O)CNS(=O)(=O)c1cc(C)ccc1OC. The van der Waals surface area contributed by atoms with Gasteiger partial charge in [0.05, 0.1) is 13.2 Å². The third-order valence-corrected chi connectivity index (χ3v) is 4.03. The second kappa shape index (κ2) is 6.17. The molecule has 102 valence electrons. The monoisotopic (exact) mass is 273 g/mol. The molecule has 0 aromatic heterocycles. The van der Waals surface area contributed by atoms with Gasteiger partial charge in [-0.25, -0.2) is 13.1 Å². The van der Waals surface area contributed by atoms with Gasteiger partial charge in [-0.15, -0.1) is 0 Å². The minimum Gasteiger partial charge on any atom is -0.495 e. The van der Waals surface area contributed by atoms with E-state index in [9.17, 15) is 13.5 Å². The summed E-state index contributed by atoms with van der Waals surface area (Å²) in [5, 5.41) is 9.39. The largest absolute Gasteiger partial charge is 0.495 e. The van der Waals surface area contributed by atoms with E-state index < -0.39 is 16.1 Å². The first kappa shape index (κ1) is 14.9. The molecule has 5 nitrogen and oxygen atoms in total. The zero-order chi connectivity index (χ0) is 13.8. The Labute approximate surface area is 108 Å². The molecular weight excluding hydrogens is 254 g/mol. The third kappa shape index (κ3) is 3.69. The quantitative estimate of drug-likeness (QED) is 0.812. The van der Waals surface area contributed by atoms with Crippen molar-refractivity contribution >= 4 is 10.0 Å². The summed E-state index contributed by atoms with van der Waals surface area (Å²) in [5.41, 5.74) is 0.826. The maximum atomic E-state index is 12.1. The van der Waals surface area contributed by atoms with Gasteiger partial charge in [-0.1, -0.05) is 13.0 Å². The highest BCUT2D eigenvalue weighted by atomic mass is 32.2. The molecule has 0 amide bonds. The molecule has 0 fully saturated rings. The summed E-state index contributed by atoms with van der Waals surface area (Å²) in [6.07, 6.45) is -0.191. The lowest BCUT2D eigenvalue weighted by molar-refractivity contribution is 0.174. The predicted molar refractivity (Wildman–Crippen MR) is 69.2 cm³/mol. The van der Waals surface area contributed by atoms with Crippen LogP contribution < -0.4 is 9.46 Å². The van der Waals surface area contributed by atoms with E-state index in [4.69, 9.17) is 4.74 Å². The molecule has 1 aromatic rings. The van der Waals surface area contributed by atoms with Crippen molar-refractivity contribution in [1.82, 2.24) is 4.72 Å².